The van der Waals surface area contributed by atoms with E-state index in [1.165, 1.54) is 18.4 Å². The van der Waals surface area contributed by atoms with Crippen LogP contribution in [0.2, 0.25) is 18.1 Å². The van der Waals surface area contributed by atoms with Crippen LogP contribution in [0.1, 0.15) is 168 Å². The molecule has 544 valence electrons. The first-order valence-electron chi connectivity index (χ1n) is 31.6. The average molecular weight is 1360 g/mol. The number of cyclic esters (lactones) is 2. The Kier molecular flexibility index (Phi) is 80.9. The van der Waals surface area contributed by atoms with E-state index in [4.69, 9.17) is 71.0 Å². The summed E-state index contributed by atoms with van der Waals surface area (Å²) in [6.45, 7) is 30.5. The molecule has 23 heteroatoms. The molecule has 2 aliphatic rings. The van der Waals surface area contributed by atoms with Gasteiger partial charge in [-0.1, -0.05) is 153 Å². The average Bonchev–Trinajstić information content (AvgIpc) is 0.857. The number of hydrogen-bond acceptors (Lipinski definition) is 22. The Morgan fingerprint density at radius 3 is 1.35 bits per heavy atom. The van der Waals surface area contributed by atoms with Crippen molar-refractivity contribution >= 4 is 39.0 Å². The Bertz CT molecular complexity index is 2100. The van der Waals surface area contributed by atoms with Gasteiger partial charge in [0.15, 0.2) is 8.32 Å². The Morgan fingerprint density at radius 2 is 0.979 bits per heavy atom. The molecule has 0 bridgehead atoms. The molecule has 2 rings (SSSR count). The predicted molar refractivity (Wildman–Crippen MR) is 369 cm³/mol. The second-order valence-electron chi connectivity index (χ2n) is 21.8. The fourth-order valence-electron chi connectivity index (χ4n) is 6.77. The summed E-state index contributed by atoms with van der Waals surface area (Å²) in [6, 6.07) is 0. The van der Waals surface area contributed by atoms with Crippen LogP contribution in [-0.2, 0) is 90.1 Å². The van der Waals surface area contributed by atoms with Crippen LogP contribution >= 0.6 is 0 Å². The highest BCUT2D eigenvalue weighted by atomic mass is 28.4. The molecular weight excluding hydrogens is 1230 g/mol. The number of hydrogen-bond donors (Lipinski definition) is 3. The summed E-state index contributed by atoms with van der Waals surface area (Å²) in [6.07, 6.45) is 45.0. The minimum atomic E-state index is -1.70. The standard InChI is InChI=1S/C19H38O3Si.C13H24O3.C12H20O5.C12H18O4.C10H14O3.C2H6.2CO2.CH4/c1-9-10-11-12-13-18(21-16-20-6)15-14-17(2)22-23(7,8)19(3,4)5;1-4-5-6-7-8-13(16-11-15-3)10-9-12(2)14;1-11(14)6-7-12(17-10-15-2)5-3-4-8-16-9-13;1-10-7-8-11(15-9-14-2)5-3-4-6-12(13)16-10;1-8-6-7-9(11)4-2-3-5-10(12)13-8;1-2;2*2-1-3;/h10-13,17-18H,9,14-16H2,1-8H3;5-8,12-14H,4,9-11H2,1-3H3;3-5,8-9,11-12,14H,6-7,10H2,1-2H3;3-6,10-11H,7-9H2,1-2H3;2-5,8-9,11H,6-7H2,1H3;1-2H3;;;1H4/b11-10-,13-12+;6-5-,8-7+;5-3+,8-4-;5-3+,6-4-;4-2+,5-3-;;;;/t17-,18+;12-,13+;11-,12+;10-,11+;8-,9+;;;;/m11111..../s1. The van der Waals surface area contributed by atoms with Crippen molar-refractivity contribution < 1.29 is 105 Å². The minimum Gasteiger partial charge on any atom is -0.460 e. The summed E-state index contributed by atoms with van der Waals surface area (Å²) in [4.78, 5) is 64.5. The van der Waals surface area contributed by atoms with Gasteiger partial charge < -0.3 is 71.9 Å². The lowest BCUT2D eigenvalue weighted by Gasteiger charge is -2.38. The van der Waals surface area contributed by atoms with Gasteiger partial charge >= 0.3 is 24.2 Å². The molecule has 0 aromatic rings. The van der Waals surface area contributed by atoms with Crippen LogP contribution in [0.25, 0.3) is 0 Å². The monoisotopic (exact) mass is 1360 g/mol. The van der Waals surface area contributed by atoms with Crippen molar-refractivity contribution in [1.29, 1.82) is 0 Å². The van der Waals surface area contributed by atoms with Crippen molar-refractivity contribution in [2.24, 2.45) is 0 Å². The van der Waals surface area contributed by atoms with Crippen LogP contribution in [0.4, 0.5) is 0 Å². The number of rotatable bonds is 33. The number of carbonyl (C=O) groups is 3. The zero-order valence-electron chi connectivity index (χ0n) is 59.3. The van der Waals surface area contributed by atoms with Gasteiger partial charge in [-0.25, -0.2) is 9.59 Å². The Labute approximate surface area is 566 Å². The highest BCUT2D eigenvalue weighted by molar-refractivity contribution is 6.74. The summed E-state index contributed by atoms with van der Waals surface area (Å²) >= 11 is 0. The molecule has 0 aromatic heterocycles. The number of carbonyl (C=O) groups excluding carboxylic acids is 7. The molecule has 10 atom stereocenters. The van der Waals surface area contributed by atoms with Crippen LogP contribution in [0.3, 0.4) is 0 Å². The topological polar surface area (TPSA) is 291 Å². The molecule has 0 radical (unpaired) electrons. The molecule has 2 heterocycles. The lowest BCUT2D eigenvalue weighted by atomic mass is 10.1. The summed E-state index contributed by atoms with van der Waals surface area (Å²) in [5.74, 6) is -0.623. The fraction of sp³-hybridized carbons (Fsp3) is 0.648. The molecule has 0 spiro atoms. The Morgan fingerprint density at radius 1 is 0.596 bits per heavy atom. The smallest absolute Gasteiger partial charge is 0.373 e. The van der Waals surface area contributed by atoms with Crippen LogP contribution < -0.4 is 0 Å². The van der Waals surface area contributed by atoms with Crippen LogP contribution in [-0.4, -0.2) is 171 Å². The summed E-state index contributed by atoms with van der Waals surface area (Å²) in [7, 11) is 4.70. The number of ether oxygens (including phenoxy) is 11. The number of esters is 2. The van der Waals surface area contributed by atoms with E-state index in [2.05, 4.69) is 89.8 Å². The van der Waals surface area contributed by atoms with Gasteiger partial charge in [-0.3, -0.25) is 4.79 Å². The van der Waals surface area contributed by atoms with Crippen LogP contribution in [0.5, 0.6) is 0 Å². The Balaban J connectivity index is -0.000000197. The molecule has 0 saturated heterocycles. The van der Waals surface area contributed by atoms with Gasteiger partial charge in [-0.15, -0.1) is 0 Å². The first-order valence-corrected chi connectivity index (χ1v) is 34.5. The Hall–Kier alpha value is -5.69. The van der Waals surface area contributed by atoms with Crippen molar-refractivity contribution in [2.45, 2.75) is 247 Å². The molecule has 0 unspecified atom stereocenters. The van der Waals surface area contributed by atoms with E-state index in [0.717, 1.165) is 51.4 Å². The van der Waals surface area contributed by atoms with Gasteiger partial charge in [0, 0.05) is 46.7 Å². The highest BCUT2D eigenvalue weighted by Crippen LogP contribution is 2.37. The van der Waals surface area contributed by atoms with E-state index in [-0.39, 0.29) is 112 Å². The lowest BCUT2D eigenvalue weighted by molar-refractivity contribution is -0.193. The highest BCUT2D eigenvalue weighted by Gasteiger charge is 2.38. The fourth-order valence-corrected chi connectivity index (χ4v) is 8.25. The van der Waals surface area contributed by atoms with Crippen molar-refractivity contribution in [3.63, 3.8) is 0 Å². The van der Waals surface area contributed by atoms with Crippen LogP contribution in [0.15, 0.2) is 122 Å². The maximum atomic E-state index is 11.2. The number of allylic oxidation sites excluding steroid dienone is 12. The number of aliphatic hydroxyl groups excluding tert-OH is 3. The normalized spacial score (nSPS) is 19.7. The second kappa shape index (κ2) is 74.7. The van der Waals surface area contributed by atoms with Crippen molar-refractivity contribution in [2.75, 3.05) is 55.6 Å². The van der Waals surface area contributed by atoms with E-state index in [1.807, 2.05) is 58.1 Å². The van der Waals surface area contributed by atoms with Gasteiger partial charge in [0.1, 0.15) is 27.2 Å². The van der Waals surface area contributed by atoms with E-state index >= 15 is 0 Å². The van der Waals surface area contributed by atoms with Gasteiger partial charge in [0.2, 0.25) is 0 Å². The molecule has 3 N–H and O–H groups in total. The molecule has 2 aliphatic heterocycles. The third kappa shape index (κ3) is 77.0. The summed E-state index contributed by atoms with van der Waals surface area (Å²) in [5.41, 5.74) is 0. The molecule has 0 aliphatic carbocycles. The van der Waals surface area contributed by atoms with E-state index in [1.54, 1.807) is 84.8 Å². The summed E-state index contributed by atoms with van der Waals surface area (Å²) < 4.78 is 62.5. The van der Waals surface area contributed by atoms with Gasteiger partial charge in [-0.05, 0) is 136 Å². The van der Waals surface area contributed by atoms with E-state index < -0.39 is 14.4 Å². The van der Waals surface area contributed by atoms with E-state index in [0.29, 0.717) is 38.9 Å². The predicted octanol–water partition coefficient (Wildman–Crippen LogP) is 13.2. The maximum absolute atomic E-state index is 11.2. The first-order chi connectivity index (χ1) is 44.3. The second-order valence-corrected chi connectivity index (χ2v) is 26.6. The SMILES string of the molecule is C.CC.CC/C=C\C=C\[C@@H](CC[C@@H](C)O)OCOC.CC/C=C\C=C\[C@@H](CC[C@@H](C)O[Si](C)(C)C(C)(C)C)OCOC.COCO[C@@H](/C=C/C=C\OC=O)CC[C@@H](C)O.COCO[C@H]1/C=C/C=C\C(=O)O[C@H](C)CC1.C[C@@H]1CC[C@@H](O)/C=C/C=C\C(=O)O1.O=C=O.O=C=O. The van der Waals surface area contributed by atoms with Crippen molar-refractivity contribution in [3.05, 3.63) is 122 Å². The zero-order chi connectivity index (χ0) is 72.0. The molecule has 0 aromatic carbocycles. The van der Waals surface area contributed by atoms with Gasteiger partial charge in [0.25, 0.3) is 6.47 Å². The third-order valence-corrected chi connectivity index (χ3v) is 17.1. The molecule has 22 nitrogen and oxygen atoms in total. The first kappa shape index (κ1) is 102. The number of aliphatic hydroxyl groups is 3. The maximum Gasteiger partial charge on any atom is 0.373 e. The van der Waals surface area contributed by atoms with Crippen LogP contribution in [0, 0.1) is 0 Å². The molecule has 0 amide bonds. The van der Waals surface area contributed by atoms with Gasteiger partial charge in [0.05, 0.1) is 61.2 Å². The minimum absolute atomic E-state index is 0. The largest absolute Gasteiger partial charge is 0.460 e. The van der Waals surface area contributed by atoms with Gasteiger partial charge in [-0.2, -0.15) is 19.2 Å². The molecule has 94 heavy (non-hydrogen) atoms. The summed E-state index contributed by atoms with van der Waals surface area (Å²) in [5, 5.41) is 28.0. The lowest BCUT2D eigenvalue weighted by Crippen LogP contribution is -2.43. The molecular formula is C71H124O22Si. The molecule has 0 saturated carbocycles. The third-order valence-electron chi connectivity index (χ3n) is 12.5. The number of methoxy groups -OCH3 is 4. The molecule has 0 fully saturated rings. The quantitative estimate of drug-likeness (QED) is 0.0105. The van der Waals surface area contributed by atoms with E-state index in [9.17, 15) is 29.7 Å². The van der Waals surface area contributed by atoms with Crippen molar-refractivity contribution in [3.8, 4) is 0 Å². The zero-order valence-corrected chi connectivity index (χ0v) is 60.3. The van der Waals surface area contributed by atoms with Crippen molar-refractivity contribution in [1.82, 2.24) is 0 Å².